The number of halogens is 1. The molecule has 1 aromatic carbocycles. The normalized spacial score (nSPS) is 12.2. The largest absolute Gasteiger partial charge is 0.383 e. The highest BCUT2D eigenvalue weighted by Gasteiger charge is 2.12. The molecule has 0 aliphatic carbocycles. The monoisotopic (exact) mass is 239 g/mol. The third kappa shape index (κ3) is 4.53. The summed E-state index contributed by atoms with van der Waals surface area (Å²) in [4.78, 5) is 11.8. The number of ether oxygens (including phenoxy) is 1. The average Bonchev–Trinajstić information content (AvgIpc) is 2.30. The lowest BCUT2D eigenvalue weighted by atomic mass is 10.1. The van der Waals surface area contributed by atoms with Crippen molar-refractivity contribution in [3.05, 3.63) is 35.6 Å². The molecule has 17 heavy (non-hydrogen) atoms. The molecule has 0 fully saturated rings. The number of methoxy groups -OCH3 is 1. The standard InChI is InChI=1S/C13H18FNO2/c1-3-4-12(9-17-2)15-13(16)10-5-7-11(14)8-6-10/h5-8,12H,3-4,9H2,1-2H3,(H,15,16). The van der Waals surface area contributed by atoms with Crippen molar-refractivity contribution in [2.24, 2.45) is 0 Å². The van der Waals surface area contributed by atoms with Gasteiger partial charge in [0.1, 0.15) is 5.82 Å². The number of benzene rings is 1. The van der Waals surface area contributed by atoms with E-state index in [2.05, 4.69) is 5.32 Å². The molecule has 0 spiro atoms. The van der Waals surface area contributed by atoms with Gasteiger partial charge in [-0.15, -0.1) is 0 Å². The van der Waals surface area contributed by atoms with E-state index >= 15 is 0 Å². The highest BCUT2D eigenvalue weighted by atomic mass is 19.1. The Bertz CT molecular complexity index is 345. The SMILES string of the molecule is CCCC(COC)NC(=O)c1ccc(F)cc1. The van der Waals surface area contributed by atoms with Crippen molar-refractivity contribution in [3.63, 3.8) is 0 Å². The Kier molecular flexibility index (Phi) is 5.63. The topological polar surface area (TPSA) is 38.3 Å². The third-order valence-electron chi connectivity index (χ3n) is 2.45. The second kappa shape index (κ2) is 7.01. The van der Waals surface area contributed by atoms with Crippen molar-refractivity contribution in [2.75, 3.05) is 13.7 Å². The molecule has 0 saturated carbocycles. The second-order valence-corrected chi connectivity index (χ2v) is 3.92. The number of carbonyl (C=O) groups is 1. The summed E-state index contributed by atoms with van der Waals surface area (Å²) < 4.78 is 17.7. The van der Waals surface area contributed by atoms with Crippen LogP contribution in [0.3, 0.4) is 0 Å². The minimum absolute atomic E-state index is 0.00236. The first kappa shape index (κ1) is 13.6. The Morgan fingerprint density at radius 3 is 2.59 bits per heavy atom. The zero-order chi connectivity index (χ0) is 12.7. The maximum absolute atomic E-state index is 12.7. The van der Waals surface area contributed by atoms with Gasteiger partial charge >= 0.3 is 0 Å². The van der Waals surface area contributed by atoms with Gasteiger partial charge in [-0.2, -0.15) is 0 Å². The first-order valence-electron chi connectivity index (χ1n) is 5.72. The number of nitrogens with one attached hydrogen (secondary N) is 1. The smallest absolute Gasteiger partial charge is 0.251 e. The van der Waals surface area contributed by atoms with Crippen molar-refractivity contribution in [1.29, 1.82) is 0 Å². The molecule has 1 N–H and O–H groups in total. The van der Waals surface area contributed by atoms with E-state index in [1.807, 2.05) is 6.92 Å². The van der Waals surface area contributed by atoms with Crippen LogP contribution in [0.25, 0.3) is 0 Å². The first-order chi connectivity index (χ1) is 8.17. The van der Waals surface area contributed by atoms with E-state index in [9.17, 15) is 9.18 Å². The van der Waals surface area contributed by atoms with Crippen LogP contribution < -0.4 is 5.32 Å². The molecule has 1 atom stereocenters. The van der Waals surface area contributed by atoms with Crippen LogP contribution in [0, 0.1) is 5.82 Å². The van der Waals surface area contributed by atoms with Crippen LogP contribution in [0.4, 0.5) is 4.39 Å². The van der Waals surface area contributed by atoms with Gasteiger partial charge in [-0.1, -0.05) is 13.3 Å². The van der Waals surface area contributed by atoms with Gasteiger partial charge in [0.25, 0.3) is 5.91 Å². The molecular formula is C13H18FNO2. The Hall–Kier alpha value is -1.42. The van der Waals surface area contributed by atoms with Gasteiger partial charge in [-0.25, -0.2) is 4.39 Å². The van der Waals surface area contributed by atoms with E-state index in [-0.39, 0.29) is 17.8 Å². The molecule has 0 aromatic heterocycles. The fraction of sp³-hybridized carbons (Fsp3) is 0.462. The van der Waals surface area contributed by atoms with Crippen LogP contribution in [-0.4, -0.2) is 25.7 Å². The van der Waals surface area contributed by atoms with Crippen LogP contribution in [0.15, 0.2) is 24.3 Å². The molecule has 1 rings (SSSR count). The van der Waals surface area contributed by atoms with Gasteiger partial charge < -0.3 is 10.1 Å². The van der Waals surface area contributed by atoms with Crippen LogP contribution in [0.1, 0.15) is 30.1 Å². The van der Waals surface area contributed by atoms with Crippen molar-refractivity contribution in [1.82, 2.24) is 5.32 Å². The lowest BCUT2D eigenvalue weighted by molar-refractivity contribution is 0.0891. The van der Waals surface area contributed by atoms with E-state index in [0.29, 0.717) is 12.2 Å². The highest BCUT2D eigenvalue weighted by molar-refractivity contribution is 5.94. The molecular weight excluding hydrogens is 221 g/mol. The number of hydrogen-bond donors (Lipinski definition) is 1. The van der Waals surface area contributed by atoms with E-state index in [1.165, 1.54) is 24.3 Å². The van der Waals surface area contributed by atoms with Gasteiger partial charge in [0.15, 0.2) is 0 Å². The highest BCUT2D eigenvalue weighted by Crippen LogP contribution is 2.04. The summed E-state index contributed by atoms with van der Waals surface area (Å²) in [5.41, 5.74) is 0.462. The fourth-order valence-electron chi connectivity index (χ4n) is 1.62. The Labute approximate surface area is 101 Å². The predicted molar refractivity (Wildman–Crippen MR) is 64.4 cm³/mol. The summed E-state index contributed by atoms with van der Waals surface area (Å²) >= 11 is 0. The van der Waals surface area contributed by atoms with Crippen molar-refractivity contribution in [2.45, 2.75) is 25.8 Å². The maximum Gasteiger partial charge on any atom is 0.251 e. The fourth-order valence-corrected chi connectivity index (χ4v) is 1.62. The molecule has 0 heterocycles. The van der Waals surface area contributed by atoms with Crippen LogP contribution in [0.5, 0.6) is 0 Å². The summed E-state index contributed by atoms with van der Waals surface area (Å²) in [6, 6.07) is 5.50. The molecule has 0 saturated heterocycles. The van der Waals surface area contributed by atoms with Crippen LogP contribution in [-0.2, 0) is 4.74 Å². The quantitative estimate of drug-likeness (QED) is 0.827. The van der Waals surface area contributed by atoms with E-state index in [0.717, 1.165) is 12.8 Å². The Balaban J connectivity index is 2.60. The molecule has 4 heteroatoms. The lowest BCUT2D eigenvalue weighted by Crippen LogP contribution is -2.37. The summed E-state index contributed by atoms with van der Waals surface area (Å²) in [6.07, 6.45) is 1.83. The Morgan fingerprint density at radius 1 is 1.41 bits per heavy atom. The number of hydrogen-bond acceptors (Lipinski definition) is 2. The number of rotatable bonds is 6. The van der Waals surface area contributed by atoms with Gasteiger partial charge in [-0.3, -0.25) is 4.79 Å². The second-order valence-electron chi connectivity index (χ2n) is 3.92. The first-order valence-corrected chi connectivity index (χ1v) is 5.72. The van der Waals surface area contributed by atoms with E-state index in [4.69, 9.17) is 4.74 Å². The average molecular weight is 239 g/mol. The Morgan fingerprint density at radius 2 is 2.06 bits per heavy atom. The van der Waals surface area contributed by atoms with Gasteiger partial charge in [-0.05, 0) is 30.7 Å². The van der Waals surface area contributed by atoms with Crippen LogP contribution in [0.2, 0.25) is 0 Å². The number of amides is 1. The molecule has 0 radical (unpaired) electrons. The summed E-state index contributed by atoms with van der Waals surface area (Å²) in [5, 5.41) is 2.87. The molecule has 3 nitrogen and oxygen atoms in total. The zero-order valence-electron chi connectivity index (χ0n) is 10.2. The summed E-state index contributed by atoms with van der Waals surface area (Å²) in [5.74, 6) is -0.538. The molecule has 0 aliphatic heterocycles. The molecule has 0 aliphatic rings. The molecule has 1 aromatic rings. The molecule has 1 amide bonds. The van der Waals surface area contributed by atoms with E-state index < -0.39 is 0 Å². The molecule has 94 valence electrons. The third-order valence-corrected chi connectivity index (χ3v) is 2.45. The van der Waals surface area contributed by atoms with Crippen LogP contribution >= 0.6 is 0 Å². The molecule has 0 bridgehead atoms. The van der Waals surface area contributed by atoms with Gasteiger partial charge in [0, 0.05) is 12.7 Å². The van der Waals surface area contributed by atoms with Gasteiger partial charge in [0.2, 0.25) is 0 Å². The van der Waals surface area contributed by atoms with Crippen molar-refractivity contribution >= 4 is 5.91 Å². The van der Waals surface area contributed by atoms with Crippen molar-refractivity contribution in [3.8, 4) is 0 Å². The minimum atomic E-state index is -0.344. The molecule has 1 unspecified atom stereocenters. The minimum Gasteiger partial charge on any atom is -0.383 e. The predicted octanol–water partition coefficient (Wildman–Crippen LogP) is 2.37. The lowest BCUT2D eigenvalue weighted by Gasteiger charge is -2.17. The number of carbonyl (C=O) groups excluding carboxylic acids is 1. The maximum atomic E-state index is 12.7. The zero-order valence-corrected chi connectivity index (χ0v) is 10.2. The summed E-state index contributed by atoms with van der Waals surface area (Å²) in [7, 11) is 1.60. The summed E-state index contributed by atoms with van der Waals surface area (Å²) in [6.45, 7) is 2.54. The van der Waals surface area contributed by atoms with Crippen molar-refractivity contribution < 1.29 is 13.9 Å². The van der Waals surface area contributed by atoms with E-state index in [1.54, 1.807) is 7.11 Å². The van der Waals surface area contributed by atoms with Gasteiger partial charge in [0.05, 0.1) is 12.6 Å².